The number of amides is 3. The van der Waals surface area contributed by atoms with E-state index in [1.807, 2.05) is 124 Å². The number of imidazole rings is 2. The summed E-state index contributed by atoms with van der Waals surface area (Å²) in [6.07, 6.45) is 9.10. The molecule has 432 valence electrons. The Kier molecular flexibility index (Phi) is 14.9. The number of para-hydroxylation sites is 2. The Morgan fingerprint density at radius 1 is 0.535 bits per heavy atom. The van der Waals surface area contributed by atoms with Gasteiger partial charge in [-0.05, 0) is 143 Å². The van der Waals surface area contributed by atoms with Crippen molar-refractivity contribution < 1.29 is 19.1 Å². The summed E-state index contributed by atoms with van der Waals surface area (Å²) in [7, 11) is 0. The van der Waals surface area contributed by atoms with Crippen molar-refractivity contribution in [1.29, 1.82) is 0 Å². The minimum atomic E-state index is -0.575. The van der Waals surface area contributed by atoms with Crippen molar-refractivity contribution in [2.75, 3.05) is 21.3 Å². The second-order valence-electron chi connectivity index (χ2n) is 23.3. The van der Waals surface area contributed by atoms with E-state index in [1.165, 1.54) is 25.8 Å². The van der Waals surface area contributed by atoms with Crippen LogP contribution in [0.5, 0.6) is 0 Å². The summed E-state index contributed by atoms with van der Waals surface area (Å²) < 4.78 is 9.98. The summed E-state index contributed by atoms with van der Waals surface area (Å²) in [5.74, 6) is 2.89. The molecule has 0 saturated heterocycles. The Labute approximate surface area is 505 Å². The molecule has 10 aromatic rings. The SMILES string of the molecule is CC(=O)Nc1ccc(-c2nc3n(c2-c2ccc(C4(N)CCC4)cc2)-c2cccnc2Nc2ccccc2-3)cc1.CC(=O)Nc1ccc(-c2nc3n(c2-c2ccc(C4(NC(=O)OC(C)(C)C)CCC4)cc2)-c2cccnc2Nc2ccccc2-3)cc1.Cl. The molecule has 16 nitrogen and oxygen atoms in total. The average molecular weight is 1160 g/mol. The van der Waals surface area contributed by atoms with Gasteiger partial charge in [0.2, 0.25) is 11.8 Å². The molecule has 17 heteroatoms. The number of nitrogens with zero attached hydrogens (tertiary/aromatic N) is 6. The molecule has 0 bridgehead atoms. The molecule has 7 N–H and O–H groups in total. The number of carbonyl (C=O) groups excluding carboxylic acids is 3. The monoisotopic (exact) mass is 1160 g/mol. The quantitative estimate of drug-likeness (QED) is 0.0801. The number of fused-ring (bicyclic) bond motifs is 10. The van der Waals surface area contributed by atoms with Crippen LogP contribution in [0.3, 0.4) is 0 Å². The Morgan fingerprint density at radius 2 is 0.953 bits per heavy atom. The molecule has 2 fully saturated rings. The predicted octanol–water partition coefficient (Wildman–Crippen LogP) is 15.2. The highest BCUT2D eigenvalue weighted by Gasteiger charge is 2.42. The molecule has 0 radical (unpaired) electrons. The Morgan fingerprint density at radius 3 is 1.35 bits per heavy atom. The highest BCUT2D eigenvalue weighted by molar-refractivity contribution is 5.95. The second-order valence-corrected chi connectivity index (χ2v) is 23.3. The molecule has 6 aromatic carbocycles. The van der Waals surface area contributed by atoms with Crippen molar-refractivity contribution in [3.8, 4) is 79.2 Å². The van der Waals surface area contributed by atoms with E-state index >= 15 is 0 Å². The fraction of sp³-hybridized carbons (Fsp3) is 0.203. The Bertz CT molecular complexity index is 4220. The number of hydrogen-bond acceptors (Lipinski definition) is 11. The number of pyridine rings is 2. The van der Waals surface area contributed by atoms with Crippen molar-refractivity contribution in [2.24, 2.45) is 5.73 Å². The topological polar surface area (TPSA) is 208 Å². The number of nitrogens with one attached hydrogen (secondary N) is 5. The first-order valence-corrected chi connectivity index (χ1v) is 28.8. The number of aromatic nitrogens is 6. The standard InChI is InChI=1S/C37H36N6O3.C32H28N6O.ClH/c1-23(44)39-27-18-14-24(15-19-27)31-32(25-12-16-26(17-13-25)37(20-8-21-37)42-35(45)46-36(2,3)4)43-30-11-7-22-38-33(30)40-29-10-6-5-9-28(29)34(43)41-31;1-20(39)35-24-15-11-21(12-16-24)28-29(22-9-13-23(14-10-22)32(33)17-5-18-32)38-27-8-4-19-34-30(27)36-26-7-3-2-6-25(26)31(38)37-28;/h5-7,9-19,22H,8,20-21H2,1-4H3,(H,38,40)(H,39,44)(H,42,45);2-4,6-16,19H,5,17-18,33H2,1H3,(H,34,36)(H,35,39);1H. The van der Waals surface area contributed by atoms with Crippen molar-refractivity contribution >= 4 is 64.7 Å². The van der Waals surface area contributed by atoms with Gasteiger partial charge < -0.3 is 37.1 Å². The van der Waals surface area contributed by atoms with Gasteiger partial charge in [-0.25, -0.2) is 24.7 Å². The van der Waals surface area contributed by atoms with Crippen LogP contribution in [0.15, 0.2) is 182 Å². The van der Waals surface area contributed by atoms with Gasteiger partial charge >= 0.3 is 6.09 Å². The summed E-state index contributed by atoms with van der Waals surface area (Å²) in [4.78, 5) is 56.0. The molecule has 0 unspecified atom stereocenters. The van der Waals surface area contributed by atoms with Gasteiger partial charge in [0.05, 0.1) is 51.1 Å². The van der Waals surface area contributed by atoms with Crippen LogP contribution in [0.4, 0.5) is 39.2 Å². The molecule has 0 atom stereocenters. The van der Waals surface area contributed by atoms with E-state index < -0.39 is 17.2 Å². The van der Waals surface area contributed by atoms with Gasteiger partial charge in [-0.2, -0.15) is 0 Å². The Hall–Kier alpha value is -9.90. The first-order valence-electron chi connectivity index (χ1n) is 28.8. The van der Waals surface area contributed by atoms with Crippen LogP contribution in [0.2, 0.25) is 0 Å². The van der Waals surface area contributed by atoms with Crippen LogP contribution in [0.1, 0.15) is 84.3 Å². The van der Waals surface area contributed by atoms with E-state index in [4.69, 9.17) is 25.4 Å². The predicted molar refractivity (Wildman–Crippen MR) is 342 cm³/mol. The highest BCUT2D eigenvalue weighted by atomic mass is 35.5. The zero-order valence-electron chi connectivity index (χ0n) is 48.4. The van der Waals surface area contributed by atoms with Crippen molar-refractivity contribution in [2.45, 2.75) is 89.8 Å². The number of halogens is 1. The number of ether oxygens (including phenoxy) is 1. The van der Waals surface area contributed by atoms with Crippen LogP contribution in [-0.2, 0) is 25.4 Å². The minimum Gasteiger partial charge on any atom is -0.444 e. The maximum atomic E-state index is 12.8. The fourth-order valence-electron chi connectivity index (χ4n) is 11.9. The number of alkyl carbamates (subject to hydrolysis) is 1. The number of carbonyl (C=O) groups is 3. The van der Waals surface area contributed by atoms with Crippen LogP contribution in [0, 0.1) is 0 Å². The third kappa shape index (κ3) is 10.7. The van der Waals surface area contributed by atoms with E-state index in [1.54, 1.807) is 12.4 Å². The lowest BCUT2D eigenvalue weighted by Crippen LogP contribution is -2.52. The van der Waals surface area contributed by atoms with E-state index in [0.29, 0.717) is 0 Å². The summed E-state index contributed by atoms with van der Waals surface area (Å²) in [5, 5.41) is 15.9. The zero-order chi connectivity index (χ0) is 58.6. The summed E-state index contributed by atoms with van der Waals surface area (Å²) in [5.41, 5.74) is 22.1. The molecular weight excluding hydrogens is 1100 g/mol. The number of rotatable bonds is 9. The zero-order valence-corrected chi connectivity index (χ0v) is 49.2. The maximum Gasteiger partial charge on any atom is 0.408 e. The van der Waals surface area contributed by atoms with Gasteiger partial charge in [-0.1, -0.05) is 97.1 Å². The third-order valence-electron chi connectivity index (χ3n) is 16.2. The van der Waals surface area contributed by atoms with Crippen molar-refractivity contribution in [1.82, 2.24) is 34.4 Å². The molecule has 2 aliphatic carbocycles. The number of hydrogen-bond donors (Lipinski definition) is 6. The van der Waals surface area contributed by atoms with Gasteiger partial charge in [-0.3, -0.25) is 18.7 Å². The lowest BCUT2D eigenvalue weighted by Gasteiger charge is -2.43. The minimum absolute atomic E-state index is 0. The highest BCUT2D eigenvalue weighted by Crippen LogP contribution is 2.49. The first kappa shape index (κ1) is 56.6. The van der Waals surface area contributed by atoms with Crippen LogP contribution >= 0.6 is 12.4 Å². The number of nitrogens with two attached hydrogens (primary N) is 1. The van der Waals surface area contributed by atoms with Gasteiger partial charge in [0, 0.05) is 76.5 Å². The van der Waals surface area contributed by atoms with Crippen LogP contribution in [0.25, 0.3) is 79.2 Å². The lowest BCUT2D eigenvalue weighted by atomic mass is 9.71. The van der Waals surface area contributed by atoms with E-state index in [0.717, 1.165) is 151 Å². The van der Waals surface area contributed by atoms with E-state index in [2.05, 4.69) is 107 Å². The van der Waals surface area contributed by atoms with E-state index in [-0.39, 0.29) is 29.8 Å². The molecule has 4 aliphatic rings. The van der Waals surface area contributed by atoms with Gasteiger partial charge in [-0.15, -0.1) is 12.4 Å². The second kappa shape index (κ2) is 22.6. The van der Waals surface area contributed by atoms with Gasteiger partial charge in [0.25, 0.3) is 0 Å². The van der Waals surface area contributed by atoms with Crippen molar-refractivity contribution in [3.05, 3.63) is 193 Å². The third-order valence-corrected chi connectivity index (χ3v) is 16.2. The van der Waals surface area contributed by atoms with Crippen LogP contribution in [-0.4, -0.2) is 52.6 Å². The van der Waals surface area contributed by atoms with Gasteiger partial charge in [0.15, 0.2) is 11.6 Å². The Balaban J connectivity index is 0.000000168. The molecule has 14 rings (SSSR count). The largest absolute Gasteiger partial charge is 0.444 e. The van der Waals surface area contributed by atoms with Gasteiger partial charge in [0.1, 0.15) is 17.2 Å². The first-order chi connectivity index (χ1) is 41.1. The molecule has 0 spiro atoms. The number of anilines is 6. The molecular formula is C69H65ClN12O4. The summed E-state index contributed by atoms with van der Waals surface area (Å²) >= 11 is 0. The molecule has 6 heterocycles. The van der Waals surface area contributed by atoms with Crippen molar-refractivity contribution in [3.63, 3.8) is 0 Å². The van der Waals surface area contributed by atoms with Crippen LogP contribution < -0.4 is 32.3 Å². The molecule has 2 aliphatic heterocycles. The summed E-state index contributed by atoms with van der Waals surface area (Å²) in [6.45, 7) is 8.62. The van der Waals surface area contributed by atoms with E-state index in [9.17, 15) is 14.4 Å². The number of benzene rings is 6. The molecule has 3 amide bonds. The smallest absolute Gasteiger partial charge is 0.408 e. The lowest BCUT2D eigenvalue weighted by molar-refractivity contribution is -0.115. The summed E-state index contributed by atoms with van der Waals surface area (Å²) in [6, 6.07) is 56.9. The normalized spacial score (nSPS) is 14.3. The fourth-order valence-corrected chi connectivity index (χ4v) is 11.9. The molecule has 4 aromatic heterocycles. The maximum absolute atomic E-state index is 12.8. The molecule has 86 heavy (non-hydrogen) atoms. The average Bonchev–Trinajstić information content (AvgIpc) is 1.67. The molecule has 2 saturated carbocycles.